The summed E-state index contributed by atoms with van der Waals surface area (Å²) in [4.78, 5) is 24.7. The minimum absolute atomic E-state index is 0.143. The Morgan fingerprint density at radius 1 is 0.967 bits per heavy atom. The van der Waals surface area contributed by atoms with Crippen molar-refractivity contribution < 1.29 is 18.0 Å². The molecular weight excluding hydrogens is 402 g/mol. The lowest BCUT2D eigenvalue weighted by atomic mass is 9.99. The van der Waals surface area contributed by atoms with Crippen LogP contribution in [0.1, 0.15) is 24.8 Å². The zero-order valence-corrected chi connectivity index (χ0v) is 17.6. The molecule has 2 amide bonds. The molecular formula is C22H27N3O4S. The summed E-state index contributed by atoms with van der Waals surface area (Å²) >= 11 is 0. The molecule has 0 bridgehead atoms. The van der Waals surface area contributed by atoms with E-state index in [2.05, 4.69) is 10.6 Å². The first-order chi connectivity index (χ1) is 14.5. The van der Waals surface area contributed by atoms with Crippen LogP contribution in [0.25, 0.3) is 0 Å². The Labute approximate surface area is 177 Å². The molecule has 1 aliphatic rings. The summed E-state index contributed by atoms with van der Waals surface area (Å²) < 4.78 is 27.0. The second kappa shape index (κ2) is 10.4. The van der Waals surface area contributed by atoms with Crippen LogP contribution < -0.4 is 10.6 Å². The largest absolute Gasteiger partial charge is 0.355 e. The lowest BCUT2D eigenvalue weighted by Crippen LogP contribution is -2.45. The van der Waals surface area contributed by atoms with E-state index in [0.29, 0.717) is 25.9 Å². The molecule has 1 heterocycles. The Morgan fingerprint density at radius 3 is 2.33 bits per heavy atom. The highest BCUT2D eigenvalue weighted by atomic mass is 32.2. The Kier molecular flexibility index (Phi) is 7.59. The third-order valence-corrected chi connectivity index (χ3v) is 7.00. The smallest absolute Gasteiger partial charge is 0.243 e. The number of benzene rings is 2. The van der Waals surface area contributed by atoms with Crippen LogP contribution in [0, 0.1) is 5.92 Å². The van der Waals surface area contributed by atoms with E-state index in [0.717, 1.165) is 5.56 Å². The third kappa shape index (κ3) is 5.90. The Bertz CT molecular complexity index is 949. The summed E-state index contributed by atoms with van der Waals surface area (Å²) in [5.41, 5.74) is 1.01. The van der Waals surface area contributed by atoms with Crippen LogP contribution in [0.15, 0.2) is 65.6 Å². The maximum absolute atomic E-state index is 12.8. The van der Waals surface area contributed by atoms with E-state index in [9.17, 15) is 18.0 Å². The van der Waals surface area contributed by atoms with Gasteiger partial charge in [-0.15, -0.1) is 0 Å². The Morgan fingerprint density at radius 2 is 1.63 bits per heavy atom. The molecule has 1 aliphatic heterocycles. The van der Waals surface area contributed by atoms with Crippen molar-refractivity contribution in [3.63, 3.8) is 0 Å². The van der Waals surface area contributed by atoms with Gasteiger partial charge in [0.05, 0.1) is 10.8 Å². The van der Waals surface area contributed by atoms with Crippen LogP contribution in [0.2, 0.25) is 0 Å². The molecule has 0 saturated carbocycles. The van der Waals surface area contributed by atoms with E-state index in [1.807, 2.05) is 30.3 Å². The second-order valence-corrected chi connectivity index (χ2v) is 9.26. The molecule has 0 radical (unpaired) electrons. The van der Waals surface area contributed by atoms with Gasteiger partial charge in [-0.3, -0.25) is 9.59 Å². The number of carbonyl (C=O) groups is 2. The van der Waals surface area contributed by atoms with Crippen molar-refractivity contribution in [2.24, 2.45) is 5.92 Å². The second-order valence-electron chi connectivity index (χ2n) is 7.32. The lowest BCUT2D eigenvalue weighted by Gasteiger charge is -2.31. The van der Waals surface area contributed by atoms with Crippen molar-refractivity contribution in [3.05, 3.63) is 66.2 Å². The van der Waals surface area contributed by atoms with E-state index in [4.69, 9.17) is 0 Å². The summed E-state index contributed by atoms with van der Waals surface area (Å²) in [6.07, 6.45) is 1.44. The van der Waals surface area contributed by atoms with Crippen molar-refractivity contribution in [1.29, 1.82) is 0 Å². The number of sulfonamides is 1. The normalized spacial score (nSPS) is 17.3. The van der Waals surface area contributed by atoms with Crippen molar-refractivity contribution in [1.82, 2.24) is 14.9 Å². The fraction of sp³-hybridized carbons (Fsp3) is 0.364. The van der Waals surface area contributed by atoms with Crippen LogP contribution >= 0.6 is 0 Å². The van der Waals surface area contributed by atoms with E-state index in [1.54, 1.807) is 30.3 Å². The summed E-state index contributed by atoms with van der Waals surface area (Å²) in [7, 11) is -3.61. The number of carbonyl (C=O) groups excluding carboxylic acids is 2. The molecule has 0 aliphatic carbocycles. The van der Waals surface area contributed by atoms with E-state index >= 15 is 0 Å². The van der Waals surface area contributed by atoms with Gasteiger partial charge >= 0.3 is 0 Å². The molecule has 2 aromatic carbocycles. The van der Waals surface area contributed by atoms with Gasteiger partial charge in [0.1, 0.15) is 0 Å². The number of piperidine rings is 1. The Balaban J connectivity index is 1.44. The van der Waals surface area contributed by atoms with Crippen molar-refractivity contribution in [2.75, 3.05) is 19.6 Å². The highest BCUT2D eigenvalue weighted by Crippen LogP contribution is 2.23. The first-order valence-electron chi connectivity index (χ1n) is 10.1. The Hall–Kier alpha value is -2.71. The van der Waals surface area contributed by atoms with Gasteiger partial charge in [0.2, 0.25) is 21.8 Å². The molecule has 1 atom stereocenters. The van der Waals surface area contributed by atoms with E-state index in [1.165, 1.54) is 4.31 Å². The van der Waals surface area contributed by atoms with E-state index in [-0.39, 0.29) is 36.2 Å². The molecule has 2 N–H and O–H groups in total. The fourth-order valence-corrected chi connectivity index (χ4v) is 4.99. The van der Waals surface area contributed by atoms with Crippen LogP contribution in [0.5, 0.6) is 0 Å². The van der Waals surface area contributed by atoms with Gasteiger partial charge in [-0.1, -0.05) is 48.5 Å². The summed E-state index contributed by atoms with van der Waals surface area (Å²) in [6, 6.07) is 17.9. The van der Waals surface area contributed by atoms with Crippen LogP contribution in [-0.4, -0.2) is 44.2 Å². The molecule has 1 fully saturated rings. The SMILES string of the molecule is O=C(CCNC(=O)[C@@H]1CCCN(S(=O)(=O)c2ccccc2)C1)NCc1ccccc1. The van der Waals surface area contributed by atoms with Gasteiger partial charge in [-0.25, -0.2) is 8.42 Å². The van der Waals surface area contributed by atoms with Gasteiger partial charge in [0, 0.05) is 32.6 Å². The number of nitrogens with zero attached hydrogens (tertiary/aromatic N) is 1. The van der Waals surface area contributed by atoms with Gasteiger partial charge in [0.15, 0.2) is 0 Å². The molecule has 3 rings (SSSR count). The molecule has 0 unspecified atom stereocenters. The first-order valence-corrected chi connectivity index (χ1v) is 11.5. The van der Waals surface area contributed by atoms with Crippen molar-refractivity contribution >= 4 is 21.8 Å². The maximum Gasteiger partial charge on any atom is 0.243 e. The van der Waals surface area contributed by atoms with Crippen LogP contribution in [-0.2, 0) is 26.2 Å². The number of hydrogen-bond donors (Lipinski definition) is 2. The highest BCUT2D eigenvalue weighted by molar-refractivity contribution is 7.89. The van der Waals surface area contributed by atoms with Crippen LogP contribution in [0.3, 0.4) is 0 Å². The predicted octanol–water partition coefficient (Wildman–Crippen LogP) is 1.91. The third-order valence-electron chi connectivity index (χ3n) is 5.12. The summed E-state index contributed by atoms with van der Waals surface area (Å²) in [5.74, 6) is -0.764. The molecule has 8 heteroatoms. The molecule has 7 nitrogen and oxygen atoms in total. The van der Waals surface area contributed by atoms with Gasteiger partial charge in [0.25, 0.3) is 0 Å². The molecule has 30 heavy (non-hydrogen) atoms. The van der Waals surface area contributed by atoms with Gasteiger partial charge in [-0.05, 0) is 30.5 Å². The number of amides is 2. The van der Waals surface area contributed by atoms with E-state index < -0.39 is 15.9 Å². The number of nitrogens with one attached hydrogen (secondary N) is 2. The standard InChI is InChI=1S/C22H27N3O4S/c26-21(24-16-18-8-3-1-4-9-18)13-14-23-22(27)19-10-7-15-25(17-19)30(28,29)20-11-5-2-6-12-20/h1-6,8-9,11-12,19H,7,10,13-17H2,(H,23,27)(H,24,26)/t19-/m1/s1. The minimum atomic E-state index is -3.61. The van der Waals surface area contributed by atoms with Gasteiger partial charge in [-0.2, -0.15) is 4.31 Å². The monoisotopic (exact) mass is 429 g/mol. The van der Waals surface area contributed by atoms with Gasteiger partial charge < -0.3 is 10.6 Å². The average molecular weight is 430 g/mol. The molecule has 160 valence electrons. The van der Waals surface area contributed by atoms with Crippen molar-refractivity contribution in [3.8, 4) is 0 Å². The quantitative estimate of drug-likeness (QED) is 0.670. The zero-order chi connectivity index (χ0) is 21.4. The molecule has 1 saturated heterocycles. The first kappa shape index (κ1) is 22.0. The highest BCUT2D eigenvalue weighted by Gasteiger charge is 2.33. The van der Waals surface area contributed by atoms with Crippen LogP contribution in [0.4, 0.5) is 0 Å². The molecule has 2 aromatic rings. The molecule has 0 aromatic heterocycles. The minimum Gasteiger partial charge on any atom is -0.355 e. The molecule has 0 spiro atoms. The summed E-state index contributed by atoms with van der Waals surface area (Å²) in [5, 5.41) is 5.59. The number of hydrogen-bond acceptors (Lipinski definition) is 4. The predicted molar refractivity (Wildman–Crippen MR) is 114 cm³/mol. The maximum atomic E-state index is 12.8. The summed E-state index contributed by atoms with van der Waals surface area (Å²) in [6.45, 7) is 1.23. The van der Waals surface area contributed by atoms with Crippen molar-refractivity contribution in [2.45, 2.75) is 30.7 Å². The fourth-order valence-electron chi connectivity index (χ4n) is 3.44. The lowest BCUT2D eigenvalue weighted by molar-refractivity contribution is -0.126. The number of rotatable bonds is 8. The topological polar surface area (TPSA) is 95.6 Å². The average Bonchev–Trinajstić information content (AvgIpc) is 2.79. The zero-order valence-electron chi connectivity index (χ0n) is 16.8.